The lowest BCUT2D eigenvalue weighted by Gasteiger charge is -2.21. The quantitative estimate of drug-likeness (QED) is 0.880. The maximum Gasteiger partial charge on any atom is 0.225 e. The van der Waals surface area contributed by atoms with Gasteiger partial charge in [0.2, 0.25) is 5.91 Å². The molecule has 1 amide bonds. The molecule has 3 nitrogen and oxygen atoms in total. The lowest BCUT2D eigenvalue weighted by atomic mass is 10.1. The van der Waals surface area contributed by atoms with Crippen molar-refractivity contribution in [1.29, 1.82) is 0 Å². The van der Waals surface area contributed by atoms with Crippen LogP contribution in [0.3, 0.4) is 0 Å². The van der Waals surface area contributed by atoms with Crippen molar-refractivity contribution >= 4 is 5.91 Å². The minimum Gasteiger partial charge on any atom is -0.345 e. The van der Waals surface area contributed by atoms with E-state index in [2.05, 4.69) is 12.1 Å². The van der Waals surface area contributed by atoms with Gasteiger partial charge in [0, 0.05) is 25.6 Å². The van der Waals surface area contributed by atoms with E-state index in [0.29, 0.717) is 0 Å². The topological polar surface area (TPSA) is 46.3 Å². The molecule has 0 bridgehead atoms. The average Bonchev–Trinajstić information content (AvgIpc) is 2.83. The van der Waals surface area contributed by atoms with Crippen molar-refractivity contribution in [3.05, 3.63) is 35.9 Å². The number of nitrogens with zero attached hydrogens (tertiary/aromatic N) is 1. The van der Waals surface area contributed by atoms with E-state index >= 15 is 0 Å². The third kappa shape index (κ3) is 3.33. The van der Waals surface area contributed by atoms with Gasteiger partial charge in [0.25, 0.3) is 0 Å². The van der Waals surface area contributed by atoms with Gasteiger partial charge in [-0.1, -0.05) is 30.3 Å². The van der Waals surface area contributed by atoms with Crippen LogP contribution in [-0.4, -0.2) is 30.4 Å². The van der Waals surface area contributed by atoms with Crippen LogP contribution in [0.2, 0.25) is 0 Å². The maximum absolute atomic E-state index is 12.2. The van der Waals surface area contributed by atoms with Gasteiger partial charge in [-0.2, -0.15) is 0 Å². The second kappa shape index (κ2) is 6.01. The Morgan fingerprint density at radius 3 is 2.67 bits per heavy atom. The minimum absolute atomic E-state index is 0.153. The molecule has 1 aromatic carbocycles. The van der Waals surface area contributed by atoms with Crippen molar-refractivity contribution in [2.75, 3.05) is 13.6 Å². The van der Waals surface area contributed by atoms with Crippen molar-refractivity contribution < 1.29 is 4.79 Å². The van der Waals surface area contributed by atoms with Crippen molar-refractivity contribution in [2.24, 2.45) is 11.7 Å². The summed E-state index contributed by atoms with van der Waals surface area (Å²) in [6.45, 7) is 0.786. The number of carbonyl (C=O) groups is 1. The lowest BCUT2D eigenvalue weighted by molar-refractivity contribution is -0.134. The van der Waals surface area contributed by atoms with E-state index in [1.54, 1.807) is 0 Å². The molecule has 1 fully saturated rings. The Balaban J connectivity index is 1.81. The van der Waals surface area contributed by atoms with Crippen molar-refractivity contribution in [3.8, 4) is 0 Å². The van der Waals surface area contributed by atoms with Gasteiger partial charge in [0.05, 0.1) is 0 Å². The van der Waals surface area contributed by atoms with Crippen molar-refractivity contribution in [1.82, 2.24) is 4.90 Å². The normalized spacial score (nSPS) is 23.0. The molecule has 2 rings (SSSR count). The molecule has 2 N–H and O–H groups in total. The number of amides is 1. The lowest BCUT2D eigenvalue weighted by Crippen LogP contribution is -2.34. The highest BCUT2D eigenvalue weighted by Gasteiger charge is 2.29. The summed E-state index contributed by atoms with van der Waals surface area (Å²) >= 11 is 0. The molecule has 0 heterocycles. The minimum atomic E-state index is 0.153. The van der Waals surface area contributed by atoms with Gasteiger partial charge in [-0.15, -0.1) is 0 Å². The van der Waals surface area contributed by atoms with E-state index in [9.17, 15) is 4.79 Å². The van der Waals surface area contributed by atoms with E-state index in [1.807, 2.05) is 30.1 Å². The summed E-state index contributed by atoms with van der Waals surface area (Å²) in [7, 11) is 1.90. The Kier molecular flexibility index (Phi) is 4.37. The average molecular weight is 246 g/mol. The molecular formula is C15H22N2O. The fourth-order valence-corrected chi connectivity index (χ4v) is 2.60. The summed E-state index contributed by atoms with van der Waals surface area (Å²) in [4.78, 5) is 14.0. The van der Waals surface area contributed by atoms with E-state index in [4.69, 9.17) is 5.73 Å². The Bertz CT molecular complexity index is 391. The van der Waals surface area contributed by atoms with E-state index < -0.39 is 0 Å². The Hall–Kier alpha value is -1.35. The second-order valence-electron chi connectivity index (χ2n) is 5.27. The molecule has 2 atom stereocenters. The fourth-order valence-electron chi connectivity index (χ4n) is 2.60. The summed E-state index contributed by atoms with van der Waals surface area (Å²) in [6.07, 6.45) is 3.72. The second-order valence-corrected chi connectivity index (χ2v) is 5.27. The number of nitrogens with two attached hydrogens (primary N) is 1. The van der Waals surface area contributed by atoms with Crippen LogP contribution in [0.15, 0.2) is 30.3 Å². The van der Waals surface area contributed by atoms with E-state index in [0.717, 1.165) is 32.2 Å². The molecule has 1 saturated carbocycles. The monoisotopic (exact) mass is 246 g/mol. The van der Waals surface area contributed by atoms with E-state index in [1.165, 1.54) is 5.56 Å². The summed E-state index contributed by atoms with van der Waals surface area (Å²) in [5.41, 5.74) is 7.14. The van der Waals surface area contributed by atoms with Gasteiger partial charge in [-0.05, 0) is 31.2 Å². The first-order chi connectivity index (χ1) is 8.66. The zero-order valence-corrected chi connectivity index (χ0v) is 11.0. The van der Waals surface area contributed by atoms with Crippen LogP contribution in [0, 0.1) is 5.92 Å². The smallest absolute Gasteiger partial charge is 0.225 e. The third-order valence-corrected chi connectivity index (χ3v) is 3.78. The van der Waals surface area contributed by atoms with Crippen LogP contribution in [0.4, 0.5) is 0 Å². The first-order valence-electron chi connectivity index (χ1n) is 6.71. The summed E-state index contributed by atoms with van der Waals surface area (Å²) in [6, 6.07) is 10.5. The third-order valence-electron chi connectivity index (χ3n) is 3.78. The number of hydrogen-bond donors (Lipinski definition) is 1. The van der Waals surface area contributed by atoms with Gasteiger partial charge in [0.1, 0.15) is 0 Å². The van der Waals surface area contributed by atoms with Crippen LogP contribution in [-0.2, 0) is 11.2 Å². The van der Waals surface area contributed by atoms with Crippen molar-refractivity contribution in [2.45, 2.75) is 31.7 Å². The van der Waals surface area contributed by atoms with Gasteiger partial charge >= 0.3 is 0 Å². The van der Waals surface area contributed by atoms with Crippen LogP contribution in [0.5, 0.6) is 0 Å². The SMILES string of the molecule is CN(CCc1ccccc1)C(=O)[C@@H]1CC[C@H](N)C1. The molecule has 3 heteroatoms. The summed E-state index contributed by atoms with van der Waals surface area (Å²) in [5.74, 6) is 0.416. The molecule has 0 aromatic heterocycles. The number of likely N-dealkylation sites (N-methyl/N-ethyl adjacent to an activating group) is 1. The predicted octanol–water partition coefficient (Wildman–Crippen LogP) is 1.81. The number of carbonyl (C=O) groups excluding carboxylic acids is 1. The molecule has 1 aliphatic carbocycles. The largest absolute Gasteiger partial charge is 0.345 e. The molecule has 1 aliphatic rings. The Morgan fingerprint density at radius 1 is 1.33 bits per heavy atom. The molecule has 18 heavy (non-hydrogen) atoms. The number of rotatable bonds is 4. The Labute approximate surface area is 109 Å². The first-order valence-corrected chi connectivity index (χ1v) is 6.71. The fraction of sp³-hybridized carbons (Fsp3) is 0.533. The molecule has 0 spiro atoms. The molecular weight excluding hydrogens is 224 g/mol. The highest BCUT2D eigenvalue weighted by molar-refractivity contribution is 5.79. The van der Waals surface area contributed by atoms with Crippen molar-refractivity contribution in [3.63, 3.8) is 0 Å². The standard InChI is InChI=1S/C15H22N2O/c1-17(10-9-12-5-3-2-4-6-12)15(18)13-7-8-14(16)11-13/h2-6,13-14H,7-11,16H2,1H3/t13-,14+/m1/s1. The zero-order chi connectivity index (χ0) is 13.0. The van der Waals surface area contributed by atoms with Crippen LogP contribution in [0.1, 0.15) is 24.8 Å². The Morgan fingerprint density at radius 2 is 2.06 bits per heavy atom. The molecule has 0 aliphatic heterocycles. The molecule has 98 valence electrons. The number of benzene rings is 1. The van der Waals surface area contributed by atoms with Gasteiger partial charge in [-0.3, -0.25) is 4.79 Å². The molecule has 0 unspecified atom stereocenters. The van der Waals surface area contributed by atoms with Crippen LogP contribution >= 0.6 is 0 Å². The maximum atomic E-state index is 12.2. The van der Waals surface area contributed by atoms with E-state index in [-0.39, 0.29) is 17.9 Å². The predicted molar refractivity (Wildman–Crippen MR) is 73.1 cm³/mol. The first kappa shape index (κ1) is 13.1. The molecule has 0 radical (unpaired) electrons. The van der Waals surface area contributed by atoms with Gasteiger partial charge in [-0.25, -0.2) is 0 Å². The van der Waals surface area contributed by atoms with Crippen LogP contribution in [0.25, 0.3) is 0 Å². The molecule has 1 aromatic rings. The summed E-state index contributed by atoms with van der Waals surface area (Å²) in [5, 5.41) is 0. The van der Waals surface area contributed by atoms with Gasteiger partial charge < -0.3 is 10.6 Å². The molecule has 0 saturated heterocycles. The highest BCUT2D eigenvalue weighted by atomic mass is 16.2. The summed E-state index contributed by atoms with van der Waals surface area (Å²) < 4.78 is 0. The highest BCUT2D eigenvalue weighted by Crippen LogP contribution is 2.25. The van der Waals surface area contributed by atoms with Crippen LogP contribution < -0.4 is 5.73 Å². The number of hydrogen-bond acceptors (Lipinski definition) is 2. The zero-order valence-electron chi connectivity index (χ0n) is 11.0. The van der Waals surface area contributed by atoms with Gasteiger partial charge in [0.15, 0.2) is 0 Å².